The van der Waals surface area contributed by atoms with Crippen molar-refractivity contribution < 1.29 is 4.79 Å². The smallest absolute Gasteiger partial charge is 0.189 e. The van der Waals surface area contributed by atoms with Gasteiger partial charge >= 0.3 is 0 Å². The van der Waals surface area contributed by atoms with E-state index in [2.05, 4.69) is 5.10 Å². The molecule has 1 rings (SSSR count). The van der Waals surface area contributed by atoms with Gasteiger partial charge in [0.15, 0.2) is 5.78 Å². The van der Waals surface area contributed by atoms with Gasteiger partial charge in [0, 0.05) is 13.2 Å². The molecule has 0 atom stereocenters. The van der Waals surface area contributed by atoms with Crippen LogP contribution in [0.2, 0.25) is 0 Å². The number of nitrogens with zero attached hydrogens (tertiary/aromatic N) is 2. The molecular weight excluding hydrogens is 164 g/mol. The summed E-state index contributed by atoms with van der Waals surface area (Å²) in [6.07, 6.45) is 3.38. The summed E-state index contributed by atoms with van der Waals surface area (Å²) in [4.78, 5) is 11.6. The molecule has 0 radical (unpaired) electrons. The van der Waals surface area contributed by atoms with Crippen LogP contribution in [0.5, 0.6) is 0 Å². The van der Waals surface area contributed by atoms with Crippen LogP contribution in [0.3, 0.4) is 0 Å². The summed E-state index contributed by atoms with van der Waals surface area (Å²) < 4.78 is 1.65. The Morgan fingerprint density at radius 3 is 2.54 bits per heavy atom. The molecule has 0 saturated heterocycles. The predicted molar refractivity (Wildman–Crippen MR) is 51.7 cm³/mol. The van der Waals surface area contributed by atoms with Crippen molar-refractivity contribution in [1.29, 1.82) is 0 Å². The molecule has 0 bridgehead atoms. The van der Waals surface area contributed by atoms with Crippen LogP contribution in [-0.2, 0) is 7.05 Å². The SMILES string of the molecule is CC(C)=CC(=O)c1cn(C)nc1C. The highest BCUT2D eigenvalue weighted by molar-refractivity contribution is 6.05. The van der Waals surface area contributed by atoms with Gasteiger partial charge in [-0.3, -0.25) is 9.48 Å². The van der Waals surface area contributed by atoms with Gasteiger partial charge in [0.25, 0.3) is 0 Å². The maximum absolute atomic E-state index is 11.6. The van der Waals surface area contributed by atoms with Crippen molar-refractivity contribution in [3.8, 4) is 0 Å². The number of aryl methyl sites for hydroxylation is 2. The van der Waals surface area contributed by atoms with E-state index in [4.69, 9.17) is 0 Å². The normalized spacial score (nSPS) is 9.85. The van der Waals surface area contributed by atoms with Crippen LogP contribution in [0.1, 0.15) is 29.9 Å². The Morgan fingerprint density at radius 2 is 2.15 bits per heavy atom. The number of carbonyl (C=O) groups is 1. The van der Waals surface area contributed by atoms with E-state index in [-0.39, 0.29) is 5.78 Å². The molecule has 3 heteroatoms. The average molecular weight is 178 g/mol. The van der Waals surface area contributed by atoms with E-state index >= 15 is 0 Å². The van der Waals surface area contributed by atoms with Gasteiger partial charge in [0.2, 0.25) is 0 Å². The van der Waals surface area contributed by atoms with Crippen LogP contribution in [-0.4, -0.2) is 15.6 Å². The lowest BCUT2D eigenvalue weighted by Gasteiger charge is -1.91. The van der Waals surface area contributed by atoms with Crippen molar-refractivity contribution in [2.24, 2.45) is 7.05 Å². The van der Waals surface area contributed by atoms with Crippen molar-refractivity contribution in [1.82, 2.24) is 9.78 Å². The van der Waals surface area contributed by atoms with E-state index in [1.54, 1.807) is 17.0 Å². The summed E-state index contributed by atoms with van der Waals surface area (Å²) in [6, 6.07) is 0. The molecule has 1 aromatic rings. The zero-order valence-electron chi connectivity index (χ0n) is 8.46. The molecule has 0 saturated carbocycles. The second-order valence-electron chi connectivity index (χ2n) is 3.39. The fourth-order valence-corrected chi connectivity index (χ4v) is 1.18. The average Bonchev–Trinajstić information content (AvgIpc) is 2.28. The molecule has 0 aliphatic heterocycles. The van der Waals surface area contributed by atoms with Crippen LogP contribution in [0.4, 0.5) is 0 Å². The molecule has 70 valence electrons. The Kier molecular flexibility index (Phi) is 2.66. The van der Waals surface area contributed by atoms with Gasteiger partial charge in [-0.15, -0.1) is 0 Å². The number of rotatable bonds is 2. The van der Waals surface area contributed by atoms with Crippen LogP contribution in [0.25, 0.3) is 0 Å². The largest absolute Gasteiger partial charge is 0.289 e. The molecule has 0 spiro atoms. The van der Waals surface area contributed by atoms with E-state index in [1.807, 2.05) is 27.8 Å². The summed E-state index contributed by atoms with van der Waals surface area (Å²) in [5.74, 6) is 0.0330. The topological polar surface area (TPSA) is 34.9 Å². The van der Waals surface area contributed by atoms with Crippen molar-refractivity contribution >= 4 is 5.78 Å². The highest BCUT2D eigenvalue weighted by atomic mass is 16.1. The van der Waals surface area contributed by atoms with E-state index in [9.17, 15) is 4.79 Å². The maximum atomic E-state index is 11.6. The zero-order chi connectivity index (χ0) is 10.0. The highest BCUT2D eigenvalue weighted by Gasteiger charge is 2.09. The van der Waals surface area contributed by atoms with E-state index < -0.39 is 0 Å². The minimum atomic E-state index is 0.0330. The maximum Gasteiger partial charge on any atom is 0.189 e. The summed E-state index contributed by atoms with van der Waals surface area (Å²) in [7, 11) is 1.81. The quantitative estimate of drug-likeness (QED) is 0.512. The van der Waals surface area contributed by atoms with Crippen molar-refractivity contribution in [3.63, 3.8) is 0 Å². The van der Waals surface area contributed by atoms with Crippen LogP contribution in [0, 0.1) is 6.92 Å². The first-order chi connectivity index (χ1) is 6.00. The number of carbonyl (C=O) groups excluding carboxylic acids is 1. The fourth-order valence-electron chi connectivity index (χ4n) is 1.18. The van der Waals surface area contributed by atoms with Crippen molar-refractivity contribution in [3.05, 3.63) is 29.1 Å². The monoisotopic (exact) mass is 178 g/mol. The molecule has 13 heavy (non-hydrogen) atoms. The number of allylic oxidation sites excluding steroid dienone is 2. The summed E-state index contributed by atoms with van der Waals surface area (Å²) >= 11 is 0. The minimum Gasteiger partial charge on any atom is -0.289 e. The Hall–Kier alpha value is -1.38. The number of ketones is 1. The van der Waals surface area contributed by atoms with Gasteiger partial charge in [0.05, 0.1) is 11.3 Å². The first kappa shape index (κ1) is 9.71. The number of hydrogen-bond acceptors (Lipinski definition) is 2. The third-order valence-electron chi connectivity index (χ3n) is 1.70. The molecule has 1 aromatic heterocycles. The summed E-state index contributed by atoms with van der Waals surface area (Å²) in [5, 5.41) is 4.11. The van der Waals surface area contributed by atoms with E-state index in [0.29, 0.717) is 5.56 Å². The molecule has 0 aromatic carbocycles. The summed E-state index contributed by atoms with van der Waals surface area (Å²) in [5.41, 5.74) is 2.47. The number of hydrogen-bond donors (Lipinski definition) is 0. The second-order valence-corrected chi connectivity index (χ2v) is 3.39. The fraction of sp³-hybridized carbons (Fsp3) is 0.400. The lowest BCUT2D eigenvalue weighted by Crippen LogP contribution is -1.95. The van der Waals surface area contributed by atoms with Crippen molar-refractivity contribution in [2.75, 3.05) is 0 Å². The van der Waals surface area contributed by atoms with E-state index in [0.717, 1.165) is 11.3 Å². The van der Waals surface area contributed by atoms with Gasteiger partial charge in [-0.1, -0.05) is 5.57 Å². The standard InChI is InChI=1S/C10H14N2O/c1-7(2)5-10(13)9-6-12(4)11-8(9)3/h5-6H,1-4H3. The number of aromatic nitrogens is 2. The highest BCUT2D eigenvalue weighted by Crippen LogP contribution is 2.07. The molecular formula is C10H14N2O. The zero-order valence-corrected chi connectivity index (χ0v) is 8.46. The first-order valence-corrected chi connectivity index (χ1v) is 4.20. The lowest BCUT2D eigenvalue weighted by atomic mass is 10.1. The second kappa shape index (κ2) is 3.56. The van der Waals surface area contributed by atoms with Crippen LogP contribution in [0.15, 0.2) is 17.8 Å². The lowest BCUT2D eigenvalue weighted by molar-refractivity contribution is 0.104. The van der Waals surface area contributed by atoms with Crippen LogP contribution < -0.4 is 0 Å². The predicted octanol–water partition coefficient (Wildman–Crippen LogP) is 1.88. The molecule has 1 heterocycles. The molecule has 0 fully saturated rings. The molecule has 3 nitrogen and oxygen atoms in total. The summed E-state index contributed by atoms with van der Waals surface area (Å²) in [6.45, 7) is 5.65. The Morgan fingerprint density at radius 1 is 1.54 bits per heavy atom. The van der Waals surface area contributed by atoms with Gasteiger partial charge in [-0.25, -0.2) is 0 Å². The molecule has 0 unspecified atom stereocenters. The van der Waals surface area contributed by atoms with Crippen molar-refractivity contribution in [2.45, 2.75) is 20.8 Å². The Labute approximate surface area is 78.1 Å². The Bertz CT molecular complexity index is 357. The molecule has 0 aliphatic carbocycles. The third kappa shape index (κ3) is 2.28. The van der Waals surface area contributed by atoms with E-state index in [1.165, 1.54) is 0 Å². The Balaban J connectivity index is 3.02. The van der Waals surface area contributed by atoms with Gasteiger partial charge in [-0.05, 0) is 26.8 Å². The van der Waals surface area contributed by atoms with Gasteiger partial charge in [0.1, 0.15) is 0 Å². The first-order valence-electron chi connectivity index (χ1n) is 4.20. The minimum absolute atomic E-state index is 0.0330. The van der Waals surface area contributed by atoms with Gasteiger partial charge in [-0.2, -0.15) is 5.10 Å². The van der Waals surface area contributed by atoms with Crippen LogP contribution >= 0.6 is 0 Å². The molecule has 0 N–H and O–H groups in total. The molecule has 0 aliphatic rings. The third-order valence-corrected chi connectivity index (χ3v) is 1.70. The molecule has 0 amide bonds. The van der Waals surface area contributed by atoms with Gasteiger partial charge < -0.3 is 0 Å².